The minimum absolute atomic E-state index is 0.00724. The van der Waals surface area contributed by atoms with Gasteiger partial charge in [-0.25, -0.2) is 4.79 Å². The van der Waals surface area contributed by atoms with E-state index in [0.29, 0.717) is 30.2 Å². The number of urea groups is 1. The number of ether oxygens (including phenoxy) is 2. The summed E-state index contributed by atoms with van der Waals surface area (Å²) in [6.45, 7) is 3.14. The number of benzene rings is 2. The maximum absolute atomic E-state index is 12.0. The molecule has 0 saturated carbocycles. The fourth-order valence-corrected chi connectivity index (χ4v) is 2.36. The first-order valence-corrected chi connectivity index (χ1v) is 8.58. The molecule has 144 valence electrons. The van der Waals surface area contributed by atoms with Gasteiger partial charge in [0, 0.05) is 25.2 Å². The van der Waals surface area contributed by atoms with E-state index < -0.39 is 4.92 Å². The Balaban J connectivity index is 1.86. The predicted octanol–water partition coefficient (Wildman–Crippen LogP) is 3.39. The Kier molecular flexibility index (Phi) is 7.42. The van der Waals surface area contributed by atoms with E-state index in [0.717, 1.165) is 12.0 Å². The molecule has 27 heavy (non-hydrogen) atoms. The lowest BCUT2D eigenvalue weighted by Gasteiger charge is -2.12. The predicted molar refractivity (Wildman–Crippen MR) is 101 cm³/mol. The molecule has 0 aliphatic rings. The van der Waals surface area contributed by atoms with E-state index >= 15 is 0 Å². The van der Waals surface area contributed by atoms with Crippen molar-refractivity contribution in [3.8, 4) is 11.5 Å². The monoisotopic (exact) mass is 373 g/mol. The van der Waals surface area contributed by atoms with Crippen molar-refractivity contribution in [1.29, 1.82) is 0 Å². The van der Waals surface area contributed by atoms with Gasteiger partial charge in [-0.2, -0.15) is 0 Å². The largest absolute Gasteiger partial charge is 0.493 e. The second kappa shape index (κ2) is 10.0. The normalized spacial score (nSPS) is 10.1. The van der Waals surface area contributed by atoms with Crippen molar-refractivity contribution in [2.75, 3.05) is 13.7 Å². The molecule has 0 heterocycles. The van der Waals surface area contributed by atoms with E-state index in [-0.39, 0.29) is 18.3 Å². The fourth-order valence-electron chi connectivity index (χ4n) is 2.36. The smallest absolute Gasteiger partial charge is 0.315 e. The molecule has 0 saturated heterocycles. The van der Waals surface area contributed by atoms with Crippen LogP contribution in [-0.2, 0) is 13.1 Å². The van der Waals surface area contributed by atoms with Crippen LogP contribution in [0.4, 0.5) is 10.5 Å². The maximum atomic E-state index is 12.0. The molecule has 0 fully saturated rings. The van der Waals surface area contributed by atoms with Crippen LogP contribution >= 0.6 is 0 Å². The zero-order chi connectivity index (χ0) is 19.6. The number of rotatable bonds is 9. The van der Waals surface area contributed by atoms with Gasteiger partial charge in [-0.05, 0) is 29.7 Å². The van der Waals surface area contributed by atoms with Crippen LogP contribution < -0.4 is 20.1 Å². The zero-order valence-corrected chi connectivity index (χ0v) is 15.4. The Morgan fingerprint density at radius 1 is 1.07 bits per heavy atom. The van der Waals surface area contributed by atoms with E-state index in [2.05, 4.69) is 10.6 Å². The van der Waals surface area contributed by atoms with Crippen molar-refractivity contribution in [3.05, 3.63) is 63.7 Å². The number of amides is 2. The molecule has 8 heteroatoms. The first-order chi connectivity index (χ1) is 13.0. The van der Waals surface area contributed by atoms with Crippen LogP contribution in [0.15, 0.2) is 42.5 Å². The Labute approximate surface area is 157 Å². The summed E-state index contributed by atoms with van der Waals surface area (Å²) in [6.07, 6.45) is 0.900. The number of nitro groups is 1. The number of hydrogen-bond acceptors (Lipinski definition) is 5. The summed E-state index contributed by atoms with van der Waals surface area (Å²) in [6, 6.07) is 11.2. The zero-order valence-electron chi connectivity index (χ0n) is 15.4. The Hall–Kier alpha value is -3.29. The van der Waals surface area contributed by atoms with E-state index in [1.807, 2.05) is 25.1 Å². The molecule has 8 nitrogen and oxygen atoms in total. The van der Waals surface area contributed by atoms with Gasteiger partial charge in [-0.1, -0.05) is 25.1 Å². The van der Waals surface area contributed by atoms with Gasteiger partial charge in [0.2, 0.25) is 0 Å². The Bertz CT molecular complexity index is 795. The van der Waals surface area contributed by atoms with Gasteiger partial charge in [-0.3, -0.25) is 10.1 Å². The number of non-ortho nitro benzene ring substituents is 1. The van der Waals surface area contributed by atoms with Crippen LogP contribution in [0, 0.1) is 10.1 Å². The summed E-state index contributed by atoms with van der Waals surface area (Å²) in [5, 5.41) is 16.2. The van der Waals surface area contributed by atoms with Crippen molar-refractivity contribution in [2.24, 2.45) is 0 Å². The molecule has 0 atom stereocenters. The maximum Gasteiger partial charge on any atom is 0.315 e. The van der Waals surface area contributed by atoms with Crippen molar-refractivity contribution < 1.29 is 19.2 Å². The molecule has 0 bridgehead atoms. The number of carbonyl (C=O) groups excluding carboxylic acids is 1. The summed E-state index contributed by atoms with van der Waals surface area (Å²) in [7, 11) is 1.57. The Morgan fingerprint density at radius 3 is 2.41 bits per heavy atom. The summed E-state index contributed by atoms with van der Waals surface area (Å²) in [5.41, 5.74) is 1.51. The first-order valence-electron chi connectivity index (χ1n) is 8.58. The highest BCUT2D eigenvalue weighted by molar-refractivity contribution is 5.73. The van der Waals surface area contributed by atoms with Crippen molar-refractivity contribution >= 4 is 11.7 Å². The van der Waals surface area contributed by atoms with Gasteiger partial charge in [0.15, 0.2) is 11.5 Å². The summed E-state index contributed by atoms with van der Waals surface area (Å²) >= 11 is 0. The number of nitrogens with one attached hydrogen (secondary N) is 2. The molecular formula is C19H23N3O5. The molecule has 2 N–H and O–H groups in total. The topological polar surface area (TPSA) is 103 Å². The minimum atomic E-state index is -0.467. The highest BCUT2D eigenvalue weighted by atomic mass is 16.6. The van der Waals surface area contributed by atoms with E-state index in [4.69, 9.17) is 9.47 Å². The third-order valence-corrected chi connectivity index (χ3v) is 3.72. The highest BCUT2D eigenvalue weighted by Gasteiger charge is 2.08. The molecule has 0 aliphatic carbocycles. The van der Waals surface area contributed by atoms with Crippen LogP contribution in [0.5, 0.6) is 11.5 Å². The molecular weight excluding hydrogens is 350 g/mol. The van der Waals surface area contributed by atoms with Crippen molar-refractivity contribution in [1.82, 2.24) is 10.6 Å². The van der Waals surface area contributed by atoms with Gasteiger partial charge in [-0.15, -0.1) is 0 Å². The fraction of sp³-hybridized carbons (Fsp3) is 0.316. The van der Waals surface area contributed by atoms with Crippen molar-refractivity contribution in [3.63, 3.8) is 0 Å². The second-order valence-corrected chi connectivity index (χ2v) is 5.80. The van der Waals surface area contributed by atoms with Crippen LogP contribution in [0.2, 0.25) is 0 Å². The quantitative estimate of drug-likeness (QED) is 0.518. The average molecular weight is 373 g/mol. The Morgan fingerprint density at radius 2 is 1.78 bits per heavy atom. The first kappa shape index (κ1) is 20.0. The lowest BCUT2D eigenvalue weighted by atomic mass is 10.2. The van der Waals surface area contributed by atoms with E-state index in [1.165, 1.54) is 12.1 Å². The molecule has 0 spiro atoms. The van der Waals surface area contributed by atoms with Gasteiger partial charge in [0.1, 0.15) is 0 Å². The van der Waals surface area contributed by atoms with Gasteiger partial charge in [0.05, 0.1) is 18.6 Å². The molecule has 0 aliphatic heterocycles. The lowest BCUT2D eigenvalue weighted by Crippen LogP contribution is -2.34. The number of methoxy groups -OCH3 is 1. The summed E-state index contributed by atoms with van der Waals surface area (Å²) in [5.74, 6) is 1.28. The summed E-state index contributed by atoms with van der Waals surface area (Å²) < 4.78 is 10.9. The van der Waals surface area contributed by atoms with Crippen LogP contribution in [0.1, 0.15) is 24.5 Å². The molecule has 2 rings (SSSR count). The third kappa shape index (κ3) is 6.18. The standard InChI is InChI=1S/C19H23N3O5/c1-3-9-27-17-8-7-15(11-18(17)26-2)13-21-19(23)20-12-14-5-4-6-16(10-14)22(24)25/h4-8,10-11H,3,9,12-13H2,1-2H3,(H2,20,21,23). The lowest BCUT2D eigenvalue weighted by molar-refractivity contribution is -0.384. The van der Waals surface area contributed by atoms with E-state index in [9.17, 15) is 14.9 Å². The molecule has 2 amide bonds. The minimum Gasteiger partial charge on any atom is -0.493 e. The average Bonchev–Trinajstić information content (AvgIpc) is 2.69. The van der Waals surface area contributed by atoms with E-state index in [1.54, 1.807) is 19.2 Å². The van der Waals surface area contributed by atoms with Gasteiger partial charge < -0.3 is 20.1 Å². The number of nitrogens with zero attached hydrogens (tertiary/aromatic N) is 1. The molecule has 2 aromatic rings. The highest BCUT2D eigenvalue weighted by Crippen LogP contribution is 2.28. The molecule has 0 aromatic heterocycles. The summed E-state index contributed by atoms with van der Waals surface area (Å²) in [4.78, 5) is 22.3. The van der Waals surface area contributed by atoms with Crippen LogP contribution in [-0.4, -0.2) is 24.7 Å². The van der Waals surface area contributed by atoms with Gasteiger partial charge >= 0.3 is 6.03 Å². The van der Waals surface area contributed by atoms with Crippen LogP contribution in [0.3, 0.4) is 0 Å². The third-order valence-electron chi connectivity index (χ3n) is 3.72. The molecule has 2 aromatic carbocycles. The van der Waals surface area contributed by atoms with Crippen molar-refractivity contribution in [2.45, 2.75) is 26.4 Å². The SMILES string of the molecule is CCCOc1ccc(CNC(=O)NCc2cccc([N+](=O)[O-])c2)cc1OC. The number of hydrogen-bond donors (Lipinski definition) is 2. The van der Waals surface area contributed by atoms with Crippen LogP contribution in [0.25, 0.3) is 0 Å². The molecule has 0 radical (unpaired) electrons. The number of nitro benzene ring substituents is 1. The molecule has 0 unspecified atom stereocenters. The van der Waals surface area contributed by atoms with Gasteiger partial charge in [0.25, 0.3) is 5.69 Å². The number of carbonyl (C=O) groups is 1. The second-order valence-electron chi connectivity index (χ2n) is 5.80.